The Balaban J connectivity index is 1.89. The smallest absolute Gasteiger partial charge is 0.129 e. The summed E-state index contributed by atoms with van der Waals surface area (Å²) < 4.78 is 8.83. The van der Waals surface area contributed by atoms with Gasteiger partial charge in [-0.3, -0.25) is 0 Å². The molecule has 1 aromatic heterocycles. The van der Waals surface area contributed by atoms with Gasteiger partial charge < -0.3 is 14.6 Å². The van der Waals surface area contributed by atoms with Crippen LogP contribution in [0.3, 0.4) is 0 Å². The molecular formula is C13H24BrN3OSi. The second kappa shape index (κ2) is 6.52. The van der Waals surface area contributed by atoms with Gasteiger partial charge in [0.25, 0.3) is 0 Å². The fourth-order valence-corrected chi connectivity index (χ4v) is 3.41. The number of hydrogen-bond acceptors (Lipinski definition) is 3. The van der Waals surface area contributed by atoms with Crippen molar-refractivity contribution in [2.75, 3.05) is 13.2 Å². The molecule has 2 rings (SSSR count). The lowest BCUT2D eigenvalue weighted by atomic mass is 10.2. The number of ether oxygens (including phenoxy) is 1. The van der Waals surface area contributed by atoms with Crippen molar-refractivity contribution in [3.8, 4) is 0 Å². The predicted molar refractivity (Wildman–Crippen MR) is 84.0 cm³/mol. The standard InChI is InChI=1S/C13H24BrN3OSi/c1-19(2,3)8-7-18-10-17-9-12(14)16-13(17)11-5-4-6-15-11/h9,11,15H,4-8,10H2,1-3H3. The fourth-order valence-electron chi connectivity index (χ4n) is 2.22. The van der Waals surface area contributed by atoms with Crippen LogP contribution in [0.4, 0.5) is 0 Å². The van der Waals surface area contributed by atoms with E-state index in [4.69, 9.17) is 4.74 Å². The Morgan fingerprint density at radius 3 is 2.95 bits per heavy atom. The van der Waals surface area contributed by atoms with E-state index in [1.807, 2.05) is 6.20 Å². The van der Waals surface area contributed by atoms with Gasteiger partial charge in [0.05, 0.1) is 6.04 Å². The summed E-state index contributed by atoms with van der Waals surface area (Å²) in [5.74, 6) is 1.09. The molecule has 2 heterocycles. The Kier molecular flexibility index (Phi) is 5.22. The second-order valence-corrected chi connectivity index (χ2v) is 12.8. The maximum atomic E-state index is 5.82. The van der Waals surface area contributed by atoms with Gasteiger partial charge in [-0.1, -0.05) is 19.6 Å². The molecule has 0 saturated carbocycles. The van der Waals surface area contributed by atoms with Crippen molar-refractivity contribution in [2.45, 2.75) is 51.3 Å². The molecule has 1 N–H and O–H groups in total. The molecule has 4 nitrogen and oxygen atoms in total. The van der Waals surface area contributed by atoms with Crippen LogP contribution in [0.5, 0.6) is 0 Å². The van der Waals surface area contributed by atoms with Crippen LogP contribution >= 0.6 is 15.9 Å². The number of imidazole rings is 1. The van der Waals surface area contributed by atoms with Gasteiger partial charge in [-0.15, -0.1) is 0 Å². The molecule has 6 heteroatoms. The summed E-state index contributed by atoms with van der Waals surface area (Å²) in [5.41, 5.74) is 0. The minimum Gasteiger partial charge on any atom is -0.361 e. The normalized spacial score (nSPS) is 20.1. The molecule has 0 bridgehead atoms. The predicted octanol–water partition coefficient (Wildman–Crippen LogP) is 3.38. The summed E-state index contributed by atoms with van der Waals surface area (Å²) in [7, 11) is -1.00. The average Bonchev–Trinajstić information content (AvgIpc) is 2.91. The first-order valence-corrected chi connectivity index (χ1v) is 11.5. The molecule has 1 saturated heterocycles. The third-order valence-corrected chi connectivity index (χ3v) is 5.46. The van der Waals surface area contributed by atoms with E-state index in [1.165, 1.54) is 18.9 Å². The van der Waals surface area contributed by atoms with Gasteiger partial charge in [0.2, 0.25) is 0 Å². The Labute approximate surface area is 125 Å². The van der Waals surface area contributed by atoms with Crippen LogP contribution in [0.2, 0.25) is 25.7 Å². The van der Waals surface area contributed by atoms with E-state index in [1.54, 1.807) is 0 Å². The number of halogens is 1. The Morgan fingerprint density at radius 1 is 1.53 bits per heavy atom. The van der Waals surface area contributed by atoms with E-state index >= 15 is 0 Å². The van der Waals surface area contributed by atoms with E-state index in [2.05, 4.69) is 50.4 Å². The topological polar surface area (TPSA) is 39.1 Å². The van der Waals surface area contributed by atoms with Crippen molar-refractivity contribution in [3.05, 3.63) is 16.6 Å². The largest absolute Gasteiger partial charge is 0.361 e. The first-order valence-electron chi connectivity index (χ1n) is 6.99. The number of hydrogen-bond donors (Lipinski definition) is 1. The van der Waals surface area contributed by atoms with Gasteiger partial charge >= 0.3 is 0 Å². The molecule has 1 aromatic rings. The SMILES string of the molecule is C[Si](C)(C)CCOCn1cc(Br)nc1C1CCCN1. The third kappa shape index (κ3) is 4.70. The van der Waals surface area contributed by atoms with Crippen LogP contribution in [0, 0.1) is 0 Å². The molecule has 1 aliphatic rings. The van der Waals surface area contributed by atoms with E-state index in [0.29, 0.717) is 12.8 Å². The summed E-state index contributed by atoms with van der Waals surface area (Å²) >= 11 is 3.46. The zero-order valence-electron chi connectivity index (χ0n) is 12.1. The van der Waals surface area contributed by atoms with Crippen LogP contribution in [-0.4, -0.2) is 30.8 Å². The van der Waals surface area contributed by atoms with E-state index < -0.39 is 8.07 Å². The molecule has 1 fully saturated rings. The minimum absolute atomic E-state index is 0.381. The van der Waals surface area contributed by atoms with E-state index in [-0.39, 0.29) is 0 Å². The van der Waals surface area contributed by atoms with Crippen LogP contribution in [-0.2, 0) is 11.5 Å². The van der Waals surface area contributed by atoms with Gasteiger partial charge in [-0.05, 0) is 41.4 Å². The molecular weight excluding hydrogens is 322 g/mol. The average molecular weight is 346 g/mol. The number of rotatable bonds is 6. The van der Waals surface area contributed by atoms with E-state index in [0.717, 1.165) is 23.6 Å². The van der Waals surface area contributed by atoms with Crippen LogP contribution in [0.15, 0.2) is 10.8 Å². The minimum atomic E-state index is -1.00. The molecule has 0 amide bonds. The van der Waals surface area contributed by atoms with Crippen LogP contribution in [0.1, 0.15) is 24.7 Å². The Bertz CT molecular complexity index is 411. The van der Waals surface area contributed by atoms with Crippen molar-refractivity contribution in [3.63, 3.8) is 0 Å². The first kappa shape index (κ1) is 15.2. The molecule has 0 spiro atoms. The molecule has 1 aliphatic heterocycles. The van der Waals surface area contributed by atoms with Crippen molar-refractivity contribution in [1.82, 2.24) is 14.9 Å². The van der Waals surface area contributed by atoms with Gasteiger partial charge in [0.1, 0.15) is 17.2 Å². The molecule has 108 valence electrons. The highest BCUT2D eigenvalue weighted by Crippen LogP contribution is 2.24. The number of nitrogens with zero attached hydrogens (tertiary/aromatic N) is 2. The summed E-state index contributed by atoms with van der Waals surface area (Å²) in [6.07, 6.45) is 4.41. The maximum absolute atomic E-state index is 5.82. The zero-order chi connectivity index (χ0) is 13.9. The second-order valence-electron chi connectivity index (χ2n) is 6.39. The Hall–Kier alpha value is -0.173. The first-order chi connectivity index (χ1) is 8.96. The molecule has 0 radical (unpaired) electrons. The lowest BCUT2D eigenvalue weighted by molar-refractivity contribution is 0.0840. The summed E-state index contributed by atoms with van der Waals surface area (Å²) in [5, 5.41) is 3.49. The molecule has 0 aliphatic carbocycles. The van der Waals surface area contributed by atoms with Gasteiger partial charge in [0.15, 0.2) is 0 Å². The summed E-state index contributed by atoms with van der Waals surface area (Å²) in [4.78, 5) is 4.57. The Morgan fingerprint density at radius 2 is 2.32 bits per heavy atom. The van der Waals surface area contributed by atoms with Crippen molar-refractivity contribution in [2.24, 2.45) is 0 Å². The maximum Gasteiger partial charge on any atom is 0.129 e. The lowest BCUT2D eigenvalue weighted by Gasteiger charge is -2.17. The van der Waals surface area contributed by atoms with Gasteiger partial charge in [-0.2, -0.15) is 0 Å². The lowest BCUT2D eigenvalue weighted by Crippen LogP contribution is -2.23. The van der Waals surface area contributed by atoms with Gasteiger partial charge in [0, 0.05) is 20.9 Å². The number of aromatic nitrogens is 2. The van der Waals surface area contributed by atoms with Crippen LogP contribution in [0.25, 0.3) is 0 Å². The van der Waals surface area contributed by atoms with Crippen molar-refractivity contribution in [1.29, 1.82) is 0 Å². The molecule has 19 heavy (non-hydrogen) atoms. The third-order valence-electron chi connectivity index (χ3n) is 3.38. The molecule has 1 atom stereocenters. The van der Waals surface area contributed by atoms with Gasteiger partial charge in [-0.25, -0.2) is 4.98 Å². The highest BCUT2D eigenvalue weighted by Gasteiger charge is 2.22. The monoisotopic (exact) mass is 345 g/mol. The fraction of sp³-hybridized carbons (Fsp3) is 0.769. The summed E-state index contributed by atoms with van der Waals surface area (Å²) in [6, 6.07) is 1.59. The summed E-state index contributed by atoms with van der Waals surface area (Å²) in [6.45, 7) is 9.67. The molecule has 1 unspecified atom stereocenters. The van der Waals surface area contributed by atoms with Crippen LogP contribution < -0.4 is 5.32 Å². The van der Waals surface area contributed by atoms with E-state index in [9.17, 15) is 0 Å². The highest BCUT2D eigenvalue weighted by atomic mass is 79.9. The quantitative estimate of drug-likeness (QED) is 0.634. The van der Waals surface area contributed by atoms with Crippen molar-refractivity contribution < 1.29 is 4.74 Å². The highest BCUT2D eigenvalue weighted by molar-refractivity contribution is 9.10. The van der Waals surface area contributed by atoms with Crippen molar-refractivity contribution >= 4 is 24.0 Å². The molecule has 0 aromatic carbocycles. The number of nitrogens with one attached hydrogen (secondary N) is 1. The zero-order valence-corrected chi connectivity index (χ0v) is 14.7.